The first kappa shape index (κ1) is 15.0. The summed E-state index contributed by atoms with van der Waals surface area (Å²) in [5, 5.41) is 9.07. The van der Waals surface area contributed by atoms with E-state index in [1.165, 1.54) is 0 Å². The van der Waals surface area contributed by atoms with Gasteiger partial charge in [-0.25, -0.2) is 0 Å². The van der Waals surface area contributed by atoms with E-state index in [0.717, 1.165) is 27.1 Å². The van der Waals surface area contributed by atoms with Crippen molar-refractivity contribution in [3.63, 3.8) is 0 Å². The van der Waals surface area contributed by atoms with Crippen LogP contribution in [0.4, 0.5) is 0 Å². The molecule has 0 unspecified atom stereocenters. The summed E-state index contributed by atoms with van der Waals surface area (Å²) in [6.45, 7) is 2.05. The highest BCUT2D eigenvalue weighted by Crippen LogP contribution is 2.31. The van der Waals surface area contributed by atoms with E-state index in [0.29, 0.717) is 6.42 Å². The van der Waals surface area contributed by atoms with Crippen LogP contribution in [0, 0.1) is 0 Å². The zero-order valence-electron chi connectivity index (χ0n) is 11.3. The van der Waals surface area contributed by atoms with Gasteiger partial charge in [-0.2, -0.15) is 0 Å². The summed E-state index contributed by atoms with van der Waals surface area (Å²) in [6.07, 6.45) is 0.579. The monoisotopic (exact) mass is 335 g/mol. The summed E-state index contributed by atoms with van der Waals surface area (Å²) in [4.78, 5) is 0. The number of rotatable bonds is 5. The van der Waals surface area contributed by atoms with Crippen LogP contribution in [-0.4, -0.2) is 11.7 Å². The van der Waals surface area contributed by atoms with E-state index in [1.54, 1.807) is 0 Å². The van der Waals surface area contributed by atoms with Crippen LogP contribution >= 0.6 is 15.9 Å². The molecule has 2 aromatic rings. The largest absolute Gasteiger partial charge is 0.457 e. The Morgan fingerprint density at radius 2 is 2.00 bits per heavy atom. The van der Waals surface area contributed by atoms with Gasteiger partial charge in [-0.1, -0.05) is 40.2 Å². The van der Waals surface area contributed by atoms with Gasteiger partial charge in [-0.05, 0) is 42.7 Å². The summed E-state index contributed by atoms with van der Waals surface area (Å²) in [5.41, 5.74) is 7.91. The fraction of sp³-hybridized carbons (Fsp3) is 0.250. The Kier molecular flexibility index (Phi) is 5.17. The van der Waals surface area contributed by atoms with Crippen LogP contribution in [0.5, 0.6) is 11.5 Å². The Balaban J connectivity index is 2.24. The molecular weight excluding hydrogens is 318 g/mol. The number of hydrogen-bond acceptors (Lipinski definition) is 3. The topological polar surface area (TPSA) is 55.5 Å². The number of benzene rings is 2. The molecule has 0 amide bonds. The number of hydrogen-bond donors (Lipinski definition) is 2. The second-order valence-corrected chi connectivity index (χ2v) is 5.51. The highest BCUT2D eigenvalue weighted by Gasteiger charge is 2.08. The normalized spacial score (nSPS) is 12.2. The number of halogens is 1. The SMILES string of the molecule is C[C@H](N)c1ccc(Oc2ccccc2CCO)cc1Br. The van der Waals surface area contributed by atoms with Gasteiger partial charge in [0, 0.05) is 17.1 Å². The van der Waals surface area contributed by atoms with Gasteiger partial charge in [-0.3, -0.25) is 0 Å². The van der Waals surface area contributed by atoms with Gasteiger partial charge >= 0.3 is 0 Å². The van der Waals surface area contributed by atoms with Gasteiger partial charge in [0.05, 0.1) is 0 Å². The van der Waals surface area contributed by atoms with Crippen LogP contribution in [0.2, 0.25) is 0 Å². The van der Waals surface area contributed by atoms with Crippen molar-refractivity contribution in [2.24, 2.45) is 5.73 Å². The fourth-order valence-electron chi connectivity index (χ4n) is 2.00. The molecular formula is C16H18BrNO2. The summed E-state index contributed by atoms with van der Waals surface area (Å²) < 4.78 is 6.83. The molecule has 0 bridgehead atoms. The Morgan fingerprint density at radius 1 is 1.25 bits per heavy atom. The van der Waals surface area contributed by atoms with E-state index < -0.39 is 0 Å². The van der Waals surface area contributed by atoms with E-state index in [2.05, 4.69) is 15.9 Å². The quantitative estimate of drug-likeness (QED) is 0.873. The maximum atomic E-state index is 9.07. The van der Waals surface area contributed by atoms with Gasteiger partial charge in [-0.15, -0.1) is 0 Å². The fourth-order valence-corrected chi connectivity index (χ4v) is 2.72. The van der Waals surface area contributed by atoms with E-state index in [1.807, 2.05) is 49.4 Å². The highest BCUT2D eigenvalue weighted by atomic mass is 79.9. The molecule has 0 saturated carbocycles. The highest BCUT2D eigenvalue weighted by molar-refractivity contribution is 9.10. The minimum absolute atomic E-state index is 0.0277. The molecule has 3 N–H and O–H groups in total. The molecule has 0 aliphatic heterocycles. The molecule has 0 heterocycles. The molecule has 0 radical (unpaired) electrons. The lowest BCUT2D eigenvalue weighted by Gasteiger charge is -2.13. The molecule has 20 heavy (non-hydrogen) atoms. The van der Waals surface area contributed by atoms with Gasteiger partial charge in [0.1, 0.15) is 11.5 Å². The number of aliphatic hydroxyl groups is 1. The molecule has 0 saturated heterocycles. The lowest BCUT2D eigenvalue weighted by Crippen LogP contribution is -2.05. The molecule has 0 aliphatic carbocycles. The van der Waals surface area contributed by atoms with Crippen molar-refractivity contribution in [3.05, 3.63) is 58.1 Å². The first-order valence-corrected chi connectivity index (χ1v) is 7.32. The van der Waals surface area contributed by atoms with Crippen molar-refractivity contribution in [1.82, 2.24) is 0 Å². The lowest BCUT2D eigenvalue weighted by atomic mass is 10.1. The average Bonchev–Trinajstić information content (AvgIpc) is 2.41. The average molecular weight is 336 g/mol. The van der Waals surface area contributed by atoms with Crippen LogP contribution in [-0.2, 0) is 6.42 Å². The van der Waals surface area contributed by atoms with Crippen molar-refractivity contribution in [1.29, 1.82) is 0 Å². The van der Waals surface area contributed by atoms with Crippen molar-refractivity contribution >= 4 is 15.9 Å². The van der Waals surface area contributed by atoms with E-state index in [4.69, 9.17) is 15.6 Å². The third-order valence-corrected chi connectivity index (χ3v) is 3.73. The Bertz CT molecular complexity index is 584. The third-order valence-electron chi connectivity index (χ3n) is 3.04. The molecule has 0 fully saturated rings. The van der Waals surface area contributed by atoms with Crippen molar-refractivity contribution < 1.29 is 9.84 Å². The maximum Gasteiger partial charge on any atom is 0.130 e. The summed E-state index contributed by atoms with van der Waals surface area (Å²) in [5.74, 6) is 1.51. The zero-order chi connectivity index (χ0) is 14.5. The molecule has 0 spiro atoms. The number of ether oxygens (including phenoxy) is 1. The molecule has 0 aliphatic rings. The predicted molar refractivity (Wildman–Crippen MR) is 84.1 cm³/mol. The van der Waals surface area contributed by atoms with E-state index in [9.17, 15) is 0 Å². The van der Waals surface area contributed by atoms with Gasteiger partial charge in [0.2, 0.25) is 0 Å². The predicted octanol–water partition coefficient (Wildman–Crippen LogP) is 3.80. The molecule has 1 atom stereocenters. The molecule has 2 rings (SSSR count). The second-order valence-electron chi connectivity index (χ2n) is 4.66. The van der Waals surface area contributed by atoms with Gasteiger partial charge < -0.3 is 15.6 Å². The molecule has 4 heteroatoms. The van der Waals surface area contributed by atoms with Crippen LogP contribution in [0.25, 0.3) is 0 Å². The van der Waals surface area contributed by atoms with Crippen LogP contribution in [0.15, 0.2) is 46.9 Å². The Hall–Kier alpha value is -1.36. The minimum atomic E-state index is -0.0277. The van der Waals surface area contributed by atoms with E-state index >= 15 is 0 Å². The number of para-hydroxylation sites is 1. The molecule has 106 valence electrons. The summed E-state index contributed by atoms with van der Waals surface area (Å²) in [6, 6.07) is 13.5. The van der Waals surface area contributed by atoms with Crippen molar-refractivity contribution in [2.45, 2.75) is 19.4 Å². The van der Waals surface area contributed by atoms with E-state index in [-0.39, 0.29) is 12.6 Å². The second kappa shape index (κ2) is 6.88. The van der Waals surface area contributed by atoms with Crippen molar-refractivity contribution in [2.75, 3.05) is 6.61 Å². The first-order valence-electron chi connectivity index (χ1n) is 6.53. The molecule has 2 aromatic carbocycles. The summed E-state index contributed by atoms with van der Waals surface area (Å²) >= 11 is 3.51. The van der Waals surface area contributed by atoms with Crippen LogP contribution < -0.4 is 10.5 Å². The zero-order valence-corrected chi connectivity index (χ0v) is 12.9. The maximum absolute atomic E-state index is 9.07. The lowest BCUT2D eigenvalue weighted by molar-refractivity contribution is 0.298. The van der Waals surface area contributed by atoms with Crippen LogP contribution in [0.1, 0.15) is 24.1 Å². The first-order chi connectivity index (χ1) is 9.61. The number of nitrogens with two attached hydrogens (primary N) is 1. The molecule has 0 aromatic heterocycles. The number of aliphatic hydroxyl groups excluding tert-OH is 1. The molecule has 3 nitrogen and oxygen atoms in total. The Labute approximate surface area is 127 Å². The van der Waals surface area contributed by atoms with Gasteiger partial charge in [0.25, 0.3) is 0 Å². The third kappa shape index (κ3) is 3.60. The smallest absolute Gasteiger partial charge is 0.130 e. The van der Waals surface area contributed by atoms with Gasteiger partial charge in [0.15, 0.2) is 0 Å². The summed E-state index contributed by atoms with van der Waals surface area (Å²) in [7, 11) is 0. The minimum Gasteiger partial charge on any atom is -0.457 e. The van der Waals surface area contributed by atoms with Crippen LogP contribution in [0.3, 0.4) is 0 Å². The standard InChI is InChI=1S/C16H18BrNO2/c1-11(18)14-7-6-13(10-15(14)17)20-16-5-3-2-4-12(16)8-9-19/h2-7,10-11,19H,8-9,18H2,1H3/t11-/m0/s1. The Morgan fingerprint density at radius 3 is 2.65 bits per heavy atom. The van der Waals surface area contributed by atoms with Crippen molar-refractivity contribution in [3.8, 4) is 11.5 Å².